The molecule has 2 aliphatic rings. The Labute approximate surface area is 142 Å². The van der Waals surface area contributed by atoms with Gasteiger partial charge in [0.15, 0.2) is 0 Å². The average Bonchev–Trinajstić information content (AvgIpc) is 3.14. The van der Waals surface area contributed by atoms with E-state index in [0.29, 0.717) is 17.5 Å². The van der Waals surface area contributed by atoms with Gasteiger partial charge in [-0.2, -0.15) is 5.26 Å². The highest BCUT2D eigenvalue weighted by molar-refractivity contribution is 6.30. The summed E-state index contributed by atoms with van der Waals surface area (Å²) in [7, 11) is 0. The lowest BCUT2D eigenvalue weighted by Gasteiger charge is -2.26. The number of urea groups is 1. The van der Waals surface area contributed by atoms with Crippen LogP contribution in [-0.2, 0) is 0 Å². The summed E-state index contributed by atoms with van der Waals surface area (Å²) < 4.78 is 0. The maximum atomic E-state index is 12.3. The van der Waals surface area contributed by atoms with Crippen molar-refractivity contribution in [1.29, 1.82) is 5.26 Å². The number of carbonyl (C=O) groups excluding carboxylic acids is 1. The summed E-state index contributed by atoms with van der Waals surface area (Å²) in [6.07, 6.45) is 6.43. The predicted octanol–water partition coefficient (Wildman–Crippen LogP) is 4.17. The lowest BCUT2D eigenvalue weighted by atomic mass is 9.92. The van der Waals surface area contributed by atoms with Crippen LogP contribution in [0.4, 0.5) is 4.79 Å². The molecule has 3 rings (SSSR count). The number of rotatable bonds is 5. The Bertz CT molecular complexity index is 615. The van der Waals surface area contributed by atoms with Gasteiger partial charge in [0, 0.05) is 11.6 Å². The van der Waals surface area contributed by atoms with Crippen LogP contribution in [0.25, 0.3) is 0 Å². The first-order valence-corrected chi connectivity index (χ1v) is 8.71. The van der Waals surface area contributed by atoms with Gasteiger partial charge in [-0.15, -0.1) is 0 Å². The minimum atomic E-state index is -0.323. The highest BCUT2D eigenvalue weighted by Gasteiger charge is 2.43. The fraction of sp³-hybridized carbons (Fsp3) is 0.556. The minimum Gasteiger partial charge on any atom is -0.337 e. The quantitative estimate of drug-likeness (QED) is 0.850. The van der Waals surface area contributed by atoms with Crippen LogP contribution in [0.15, 0.2) is 24.3 Å². The van der Waals surface area contributed by atoms with E-state index in [1.807, 2.05) is 24.3 Å². The van der Waals surface area contributed by atoms with Crippen LogP contribution in [0.5, 0.6) is 0 Å². The Morgan fingerprint density at radius 2 is 2.13 bits per heavy atom. The van der Waals surface area contributed by atoms with Crippen molar-refractivity contribution in [3.8, 4) is 6.07 Å². The third-order valence-electron chi connectivity index (χ3n) is 5.04. The van der Waals surface area contributed by atoms with E-state index in [9.17, 15) is 4.79 Å². The number of hydrogen-bond donors (Lipinski definition) is 2. The van der Waals surface area contributed by atoms with Crippen LogP contribution in [0.3, 0.4) is 0 Å². The molecule has 5 heteroatoms. The number of nitrogens with one attached hydrogen (secondary N) is 2. The van der Waals surface area contributed by atoms with Gasteiger partial charge in [0.2, 0.25) is 0 Å². The second-order valence-corrected chi connectivity index (χ2v) is 7.23. The van der Waals surface area contributed by atoms with Gasteiger partial charge in [0.25, 0.3) is 0 Å². The molecule has 2 amide bonds. The molecular formula is C18H22ClN3O. The molecular weight excluding hydrogens is 310 g/mol. The lowest BCUT2D eigenvalue weighted by molar-refractivity contribution is 0.229. The van der Waals surface area contributed by atoms with Crippen LogP contribution in [0.2, 0.25) is 5.02 Å². The molecule has 0 aliphatic heterocycles. The first kappa shape index (κ1) is 16.1. The molecule has 0 aromatic heterocycles. The average molecular weight is 332 g/mol. The Morgan fingerprint density at radius 3 is 2.74 bits per heavy atom. The van der Waals surface area contributed by atoms with E-state index in [4.69, 9.17) is 16.9 Å². The molecule has 2 fully saturated rings. The topological polar surface area (TPSA) is 64.9 Å². The third kappa shape index (κ3) is 3.97. The molecule has 0 heterocycles. The Morgan fingerprint density at radius 1 is 1.39 bits per heavy atom. The van der Waals surface area contributed by atoms with Gasteiger partial charge in [-0.05, 0) is 49.3 Å². The normalized spacial score (nSPS) is 20.5. The molecule has 2 saturated carbocycles. The second kappa shape index (κ2) is 6.80. The van der Waals surface area contributed by atoms with Gasteiger partial charge in [0.1, 0.15) is 0 Å². The van der Waals surface area contributed by atoms with Crippen molar-refractivity contribution in [3.05, 3.63) is 34.9 Å². The maximum absolute atomic E-state index is 12.3. The largest absolute Gasteiger partial charge is 0.337 e. The zero-order chi connectivity index (χ0) is 16.3. The second-order valence-electron chi connectivity index (χ2n) is 6.80. The number of halogens is 1. The Balaban J connectivity index is 1.66. The monoisotopic (exact) mass is 331 g/mol. The van der Waals surface area contributed by atoms with Gasteiger partial charge in [0.05, 0.1) is 17.5 Å². The molecule has 2 aliphatic carbocycles. The number of amides is 2. The molecule has 2 N–H and O–H groups in total. The molecule has 0 saturated heterocycles. The van der Waals surface area contributed by atoms with Gasteiger partial charge in [-0.3, -0.25) is 0 Å². The van der Waals surface area contributed by atoms with E-state index >= 15 is 0 Å². The molecule has 0 spiro atoms. The molecule has 1 aromatic carbocycles. The van der Waals surface area contributed by atoms with Crippen LogP contribution in [0.1, 0.15) is 50.1 Å². The molecule has 23 heavy (non-hydrogen) atoms. The van der Waals surface area contributed by atoms with E-state index in [1.165, 1.54) is 12.8 Å². The molecule has 4 nitrogen and oxygen atoms in total. The van der Waals surface area contributed by atoms with Crippen molar-refractivity contribution in [3.63, 3.8) is 0 Å². The van der Waals surface area contributed by atoms with E-state index in [1.54, 1.807) is 0 Å². The van der Waals surface area contributed by atoms with E-state index in [0.717, 1.165) is 31.2 Å². The smallest absolute Gasteiger partial charge is 0.315 e. The zero-order valence-corrected chi connectivity index (χ0v) is 13.9. The van der Waals surface area contributed by atoms with Crippen molar-refractivity contribution in [2.45, 2.75) is 44.6 Å². The minimum absolute atomic E-state index is 0.0200. The standard InChI is InChI=1S/C18H22ClN3O/c19-15-7-3-6-14(10-15)16(13-4-1-2-5-13)22-17(23)21-12-18(11-20)8-9-18/h3,6-7,10,13,16H,1-2,4-5,8-9,12H2,(H2,21,22,23)/t16-/m0/s1. The predicted molar refractivity (Wildman–Crippen MR) is 90.0 cm³/mol. The number of nitriles is 1. The van der Waals surface area contributed by atoms with Gasteiger partial charge in [-0.25, -0.2) is 4.79 Å². The van der Waals surface area contributed by atoms with Crippen molar-refractivity contribution in [1.82, 2.24) is 10.6 Å². The SMILES string of the molecule is N#CC1(CNC(=O)N[C@H](c2cccc(Cl)c2)C2CCCC2)CC1. The Kier molecular flexibility index (Phi) is 4.77. The first-order chi connectivity index (χ1) is 11.1. The summed E-state index contributed by atoms with van der Waals surface area (Å²) >= 11 is 6.12. The number of carbonyl (C=O) groups is 1. The van der Waals surface area contributed by atoms with Crippen molar-refractivity contribution in [2.24, 2.45) is 11.3 Å². The molecule has 0 bridgehead atoms. The fourth-order valence-corrected chi connectivity index (χ4v) is 3.58. The number of hydrogen-bond acceptors (Lipinski definition) is 2. The summed E-state index contributed by atoms with van der Waals surface area (Å²) in [4.78, 5) is 12.3. The molecule has 1 aromatic rings. The van der Waals surface area contributed by atoms with Crippen LogP contribution in [-0.4, -0.2) is 12.6 Å². The van der Waals surface area contributed by atoms with Crippen molar-refractivity contribution in [2.75, 3.05) is 6.54 Å². The lowest BCUT2D eigenvalue weighted by Crippen LogP contribution is -2.42. The molecule has 122 valence electrons. The third-order valence-corrected chi connectivity index (χ3v) is 5.28. The molecule has 1 atom stereocenters. The van der Waals surface area contributed by atoms with Gasteiger partial charge in [-0.1, -0.05) is 36.6 Å². The Hall–Kier alpha value is -1.73. The van der Waals surface area contributed by atoms with Crippen LogP contribution >= 0.6 is 11.6 Å². The maximum Gasteiger partial charge on any atom is 0.315 e. The summed E-state index contributed by atoms with van der Waals surface area (Å²) in [5.74, 6) is 0.449. The van der Waals surface area contributed by atoms with Crippen LogP contribution in [0, 0.1) is 22.7 Å². The first-order valence-electron chi connectivity index (χ1n) is 8.33. The summed E-state index contributed by atoms with van der Waals surface area (Å²) in [6, 6.07) is 9.81. The van der Waals surface area contributed by atoms with E-state index in [2.05, 4.69) is 16.7 Å². The van der Waals surface area contributed by atoms with E-state index < -0.39 is 0 Å². The number of benzene rings is 1. The zero-order valence-electron chi connectivity index (χ0n) is 13.1. The summed E-state index contributed by atoms with van der Waals surface area (Å²) in [5.41, 5.74) is 0.733. The number of nitrogens with zero attached hydrogens (tertiary/aromatic N) is 1. The highest BCUT2D eigenvalue weighted by atomic mass is 35.5. The van der Waals surface area contributed by atoms with Crippen molar-refractivity contribution >= 4 is 17.6 Å². The summed E-state index contributed by atoms with van der Waals surface area (Å²) in [5, 5.41) is 15.8. The molecule has 0 unspecified atom stereocenters. The summed E-state index contributed by atoms with van der Waals surface area (Å²) in [6.45, 7) is 0.433. The van der Waals surface area contributed by atoms with Crippen LogP contribution < -0.4 is 10.6 Å². The molecule has 0 radical (unpaired) electrons. The fourth-order valence-electron chi connectivity index (χ4n) is 3.38. The van der Waals surface area contributed by atoms with Gasteiger partial charge >= 0.3 is 6.03 Å². The van der Waals surface area contributed by atoms with E-state index in [-0.39, 0.29) is 17.5 Å². The van der Waals surface area contributed by atoms with Crippen molar-refractivity contribution < 1.29 is 4.79 Å². The van der Waals surface area contributed by atoms with Gasteiger partial charge < -0.3 is 10.6 Å². The highest BCUT2D eigenvalue weighted by Crippen LogP contribution is 2.44.